The van der Waals surface area contributed by atoms with Crippen LogP contribution in [-0.2, 0) is 11.3 Å². The van der Waals surface area contributed by atoms with Crippen molar-refractivity contribution < 1.29 is 9.59 Å². The van der Waals surface area contributed by atoms with Gasteiger partial charge in [0.15, 0.2) is 0 Å². The highest BCUT2D eigenvalue weighted by molar-refractivity contribution is 6.32. The molecular weight excluding hydrogens is 240 g/mol. The predicted octanol–water partition coefficient (Wildman–Crippen LogP) is 1.84. The van der Waals surface area contributed by atoms with E-state index in [2.05, 4.69) is 5.32 Å². The Morgan fingerprint density at radius 2 is 2.24 bits per heavy atom. The van der Waals surface area contributed by atoms with Gasteiger partial charge in [-0.3, -0.25) is 9.59 Å². The van der Waals surface area contributed by atoms with Crippen molar-refractivity contribution in [3.8, 4) is 0 Å². The highest BCUT2D eigenvalue weighted by Gasteiger charge is 2.27. The minimum atomic E-state index is -0.597. The summed E-state index contributed by atoms with van der Waals surface area (Å²) >= 11 is 5.70. The first kappa shape index (κ1) is 11.9. The second-order valence-corrected chi connectivity index (χ2v) is 4.75. The van der Waals surface area contributed by atoms with Gasteiger partial charge in [-0.1, -0.05) is 6.07 Å². The molecule has 90 valence electrons. The summed E-state index contributed by atoms with van der Waals surface area (Å²) in [5.74, 6) is -0.280. The van der Waals surface area contributed by atoms with E-state index in [1.807, 2.05) is 0 Å². The van der Waals surface area contributed by atoms with E-state index in [0.29, 0.717) is 17.8 Å². The molecule has 0 bridgehead atoms. The molecule has 0 aliphatic carbocycles. The first-order valence-corrected chi connectivity index (χ1v) is 5.76. The molecule has 1 N–H and O–H groups in total. The number of halogens is 1. The van der Waals surface area contributed by atoms with Crippen molar-refractivity contribution in [1.29, 1.82) is 0 Å². The summed E-state index contributed by atoms with van der Waals surface area (Å²) in [6.07, 6.45) is 0. The van der Waals surface area contributed by atoms with Crippen LogP contribution >= 0.6 is 11.6 Å². The lowest BCUT2D eigenvalue weighted by molar-refractivity contribution is -0.115. The second-order valence-electron chi connectivity index (χ2n) is 4.10. The van der Waals surface area contributed by atoms with Crippen LogP contribution in [0.2, 0.25) is 0 Å². The Morgan fingerprint density at radius 1 is 1.53 bits per heavy atom. The molecule has 0 radical (unpaired) electrons. The van der Waals surface area contributed by atoms with Crippen molar-refractivity contribution in [3.63, 3.8) is 0 Å². The summed E-state index contributed by atoms with van der Waals surface area (Å²) in [5.41, 5.74) is 2.16. The van der Waals surface area contributed by atoms with Crippen LogP contribution in [0.4, 0.5) is 5.69 Å². The molecule has 5 heteroatoms. The molecule has 1 heterocycles. The minimum absolute atomic E-state index is 0.0185. The highest BCUT2D eigenvalue weighted by atomic mass is 35.5. The van der Waals surface area contributed by atoms with E-state index in [0.717, 1.165) is 5.56 Å². The normalized spacial score (nSPS) is 15.7. The molecule has 1 unspecified atom stereocenters. The number of nitrogens with zero attached hydrogens (tertiary/aromatic N) is 1. The summed E-state index contributed by atoms with van der Waals surface area (Å²) < 4.78 is 0. The van der Waals surface area contributed by atoms with Gasteiger partial charge in [0.1, 0.15) is 5.38 Å². The molecule has 0 saturated heterocycles. The number of alkyl halides is 1. The third-order valence-corrected chi connectivity index (χ3v) is 2.97. The molecule has 1 aliphatic rings. The third-order valence-electron chi connectivity index (χ3n) is 2.77. The second kappa shape index (κ2) is 4.37. The minimum Gasteiger partial charge on any atom is -0.337 e. The van der Waals surface area contributed by atoms with Gasteiger partial charge in [0, 0.05) is 30.4 Å². The number of rotatable bonds is 2. The van der Waals surface area contributed by atoms with Crippen LogP contribution in [0.1, 0.15) is 22.8 Å². The molecule has 0 spiro atoms. The molecule has 2 rings (SSSR count). The zero-order valence-electron chi connectivity index (χ0n) is 9.66. The van der Waals surface area contributed by atoms with Crippen LogP contribution in [0.5, 0.6) is 0 Å². The molecule has 0 saturated carbocycles. The van der Waals surface area contributed by atoms with Crippen LogP contribution in [0.3, 0.4) is 0 Å². The van der Waals surface area contributed by atoms with Gasteiger partial charge in [0.2, 0.25) is 5.91 Å². The topological polar surface area (TPSA) is 49.4 Å². The Hall–Kier alpha value is -1.55. The number of fused-ring (bicyclic) bond motifs is 1. The SMILES string of the molecule is CC(Cl)C(=O)Nc1cccc2c1CN(C)C2=O. The van der Waals surface area contributed by atoms with E-state index < -0.39 is 5.38 Å². The molecule has 1 aromatic carbocycles. The summed E-state index contributed by atoms with van der Waals surface area (Å²) in [5, 5.41) is 2.14. The number of nitrogens with one attached hydrogen (secondary N) is 1. The van der Waals surface area contributed by atoms with Gasteiger partial charge in [0.05, 0.1) is 0 Å². The third kappa shape index (κ3) is 2.13. The van der Waals surface area contributed by atoms with Crippen molar-refractivity contribution >= 4 is 29.1 Å². The molecule has 1 atom stereocenters. The number of carbonyl (C=O) groups is 2. The smallest absolute Gasteiger partial charge is 0.254 e. The standard InChI is InChI=1S/C12H13ClN2O2/c1-7(13)11(16)14-10-5-3-4-8-9(10)6-15(2)12(8)17/h3-5,7H,6H2,1-2H3,(H,14,16). The van der Waals surface area contributed by atoms with Gasteiger partial charge in [0.25, 0.3) is 5.91 Å². The van der Waals surface area contributed by atoms with E-state index in [1.165, 1.54) is 0 Å². The van der Waals surface area contributed by atoms with E-state index in [-0.39, 0.29) is 11.8 Å². The Labute approximate surface area is 105 Å². The summed E-state index contributed by atoms with van der Waals surface area (Å²) in [6, 6.07) is 5.30. The summed E-state index contributed by atoms with van der Waals surface area (Å²) in [6.45, 7) is 2.12. The molecule has 17 heavy (non-hydrogen) atoms. The number of hydrogen-bond acceptors (Lipinski definition) is 2. The van der Waals surface area contributed by atoms with Gasteiger partial charge in [-0.2, -0.15) is 0 Å². The largest absolute Gasteiger partial charge is 0.337 e. The number of anilines is 1. The zero-order valence-corrected chi connectivity index (χ0v) is 10.4. The Morgan fingerprint density at radius 3 is 2.88 bits per heavy atom. The molecular formula is C12H13ClN2O2. The number of amides is 2. The zero-order chi connectivity index (χ0) is 12.6. The van der Waals surface area contributed by atoms with Crippen molar-refractivity contribution in [1.82, 2.24) is 4.90 Å². The Bertz CT molecular complexity index is 485. The van der Waals surface area contributed by atoms with Crippen LogP contribution in [0.25, 0.3) is 0 Å². The van der Waals surface area contributed by atoms with Crippen LogP contribution in [-0.4, -0.2) is 29.1 Å². The van der Waals surface area contributed by atoms with Gasteiger partial charge >= 0.3 is 0 Å². The molecule has 4 nitrogen and oxygen atoms in total. The summed E-state index contributed by atoms with van der Waals surface area (Å²) in [4.78, 5) is 24.9. The van der Waals surface area contributed by atoms with E-state index in [1.54, 1.807) is 37.1 Å². The lowest BCUT2D eigenvalue weighted by Crippen LogP contribution is -2.21. The Kier molecular flexibility index (Phi) is 3.07. The maximum atomic E-state index is 11.8. The fourth-order valence-electron chi connectivity index (χ4n) is 1.82. The quantitative estimate of drug-likeness (QED) is 0.817. The van der Waals surface area contributed by atoms with E-state index >= 15 is 0 Å². The van der Waals surface area contributed by atoms with Crippen molar-refractivity contribution in [3.05, 3.63) is 29.3 Å². The van der Waals surface area contributed by atoms with Crippen molar-refractivity contribution in [2.75, 3.05) is 12.4 Å². The Balaban J connectivity index is 2.33. The molecule has 0 aromatic heterocycles. The molecule has 1 aliphatic heterocycles. The lowest BCUT2D eigenvalue weighted by atomic mass is 10.1. The fraction of sp³-hybridized carbons (Fsp3) is 0.333. The monoisotopic (exact) mass is 252 g/mol. The average Bonchev–Trinajstić information content (AvgIpc) is 2.57. The van der Waals surface area contributed by atoms with Gasteiger partial charge in [-0.05, 0) is 19.1 Å². The van der Waals surface area contributed by atoms with E-state index in [9.17, 15) is 9.59 Å². The highest BCUT2D eigenvalue weighted by Crippen LogP contribution is 2.28. The first-order chi connectivity index (χ1) is 8.00. The average molecular weight is 253 g/mol. The van der Waals surface area contributed by atoms with Gasteiger partial charge in [-0.15, -0.1) is 11.6 Å². The molecule has 2 amide bonds. The summed E-state index contributed by atoms with van der Waals surface area (Å²) in [7, 11) is 1.73. The maximum Gasteiger partial charge on any atom is 0.254 e. The maximum absolute atomic E-state index is 11.8. The van der Waals surface area contributed by atoms with E-state index in [4.69, 9.17) is 11.6 Å². The van der Waals surface area contributed by atoms with Crippen LogP contribution in [0.15, 0.2) is 18.2 Å². The van der Waals surface area contributed by atoms with Gasteiger partial charge < -0.3 is 10.2 Å². The predicted molar refractivity (Wildman–Crippen MR) is 66.2 cm³/mol. The van der Waals surface area contributed by atoms with Crippen LogP contribution < -0.4 is 5.32 Å². The first-order valence-electron chi connectivity index (χ1n) is 5.33. The number of hydrogen-bond donors (Lipinski definition) is 1. The number of carbonyl (C=O) groups excluding carboxylic acids is 2. The van der Waals surface area contributed by atoms with Crippen LogP contribution in [0, 0.1) is 0 Å². The van der Waals surface area contributed by atoms with Gasteiger partial charge in [-0.25, -0.2) is 0 Å². The molecule has 0 fully saturated rings. The van der Waals surface area contributed by atoms with Crippen molar-refractivity contribution in [2.45, 2.75) is 18.8 Å². The lowest BCUT2D eigenvalue weighted by Gasteiger charge is -2.10. The fourth-order valence-corrected chi connectivity index (χ4v) is 1.88. The van der Waals surface area contributed by atoms with Crippen molar-refractivity contribution in [2.24, 2.45) is 0 Å². The molecule has 1 aromatic rings. The number of benzene rings is 1.